The van der Waals surface area contributed by atoms with E-state index < -0.39 is 23.7 Å². The van der Waals surface area contributed by atoms with Gasteiger partial charge in [-0.2, -0.15) is 0 Å². The summed E-state index contributed by atoms with van der Waals surface area (Å²) in [5.41, 5.74) is 1.05. The van der Waals surface area contributed by atoms with E-state index in [-0.39, 0.29) is 27.9 Å². The summed E-state index contributed by atoms with van der Waals surface area (Å²) >= 11 is 0.944. The highest BCUT2D eigenvalue weighted by molar-refractivity contribution is 7.17. The summed E-state index contributed by atoms with van der Waals surface area (Å²) in [4.78, 5) is 49.2. The summed E-state index contributed by atoms with van der Waals surface area (Å²) < 4.78 is 16.8. The molecule has 4 rings (SSSR count). The van der Waals surface area contributed by atoms with Crippen molar-refractivity contribution >= 4 is 39.9 Å². The molecule has 3 aromatic rings. The average molecular weight is 552 g/mol. The smallest absolute Gasteiger partial charge is 0.350 e. The molecule has 1 aliphatic heterocycles. The van der Waals surface area contributed by atoms with Crippen molar-refractivity contribution in [1.29, 1.82) is 0 Å². The standard InChI is InChI=1S/C28H29N3O7S/c1-5-14-38-19-9-8-18(15-20(19)36-6-2)22-21(23(32)17-10-12-29-13-11-17)24(33)26(34)31(22)28-30-16(4)25(39-28)27(35)37-7-3/h8-13,15,22,32H,5-7,14H2,1-4H3/b23-21+. The first-order valence-corrected chi connectivity index (χ1v) is 13.4. The number of pyridine rings is 1. The van der Waals surface area contributed by atoms with Crippen LogP contribution < -0.4 is 14.4 Å². The predicted octanol–water partition coefficient (Wildman–Crippen LogP) is 4.84. The number of Topliss-reactive ketones (excluding diaryl/α,β-unsaturated/α-hetero) is 1. The van der Waals surface area contributed by atoms with Crippen LogP contribution in [0.15, 0.2) is 48.3 Å². The van der Waals surface area contributed by atoms with Gasteiger partial charge in [-0.15, -0.1) is 0 Å². The molecule has 0 bridgehead atoms. The first kappa shape index (κ1) is 27.8. The zero-order valence-electron chi connectivity index (χ0n) is 22.1. The number of carbonyl (C=O) groups is 3. The van der Waals surface area contributed by atoms with Crippen molar-refractivity contribution in [2.24, 2.45) is 0 Å². The van der Waals surface area contributed by atoms with Crippen LogP contribution in [0.2, 0.25) is 0 Å². The van der Waals surface area contributed by atoms with Gasteiger partial charge in [-0.05, 0) is 57.0 Å². The number of aromatic nitrogens is 2. The maximum atomic E-state index is 13.5. The van der Waals surface area contributed by atoms with E-state index in [1.54, 1.807) is 44.2 Å². The summed E-state index contributed by atoms with van der Waals surface area (Å²) in [6.45, 7) is 8.16. The van der Waals surface area contributed by atoms with Gasteiger partial charge in [-0.3, -0.25) is 19.5 Å². The van der Waals surface area contributed by atoms with Crippen molar-refractivity contribution in [2.45, 2.75) is 40.2 Å². The molecule has 0 radical (unpaired) electrons. The molecular weight excluding hydrogens is 522 g/mol. The molecule has 0 saturated carbocycles. The van der Waals surface area contributed by atoms with Crippen LogP contribution in [0.1, 0.15) is 59.7 Å². The number of ether oxygens (including phenoxy) is 3. The number of aryl methyl sites for hydroxylation is 1. The summed E-state index contributed by atoms with van der Waals surface area (Å²) in [5, 5.41) is 11.4. The van der Waals surface area contributed by atoms with Gasteiger partial charge in [0.05, 0.1) is 37.1 Å². The maximum absolute atomic E-state index is 13.5. The lowest BCUT2D eigenvalue weighted by molar-refractivity contribution is -0.132. The number of rotatable bonds is 10. The molecule has 1 N–H and O–H groups in total. The monoisotopic (exact) mass is 551 g/mol. The lowest BCUT2D eigenvalue weighted by Gasteiger charge is -2.24. The van der Waals surface area contributed by atoms with Crippen LogP contribution in [0.3, 0.4) is 0 Å². The minimum atomic E-state index is -1.06. The number of aliphatic hydroxyl groups excluding tert-OH is 1. The van der Waals surface area contributed by atoms with Gasteiger partial charge in [0.25, 0.3) is 5.78 Å². The first-order chi connectivity index (χ1) is 18.8. The zero-order chi connectivity index (χ0) is 28.1. The lowest BCUT2D eigenvalue weighted by atomic mass is 9.95. The van der Waals surface area contributed by atoms with Crippen molar-refractivity contribution in [3.8, 4) is 11.5 Å². The minimum Gasteiger partial charge on any atom is -0.507 e. The highest BCUT2D eigenvalue weighted by atomic mass is 32.1. The van der Waals surface area contributed by atoms with E-state index in [4.69, 9.17) is 14.2 Å². The molecule has 39 heavy (non-hydrogen) atoms. The van der Waals surface area contributed by atoms with E-state index in [2.05, 4.69) is 9.97 Å². The molecule has 0 spiro atoms. The van der Waals surface area contributed by atoms with Gasteiger partial charge >= 0.3 is 11.9 Å². The van der Waals surface area contributed by atoms with E-state index in [1.807, 2.05) is 13.8 Å². The molecule has 2 aromatic heterocycles. The summed E-state index contributed by atoms with van der Waals surface area (Å²) in [7, 11) is 0. The number of thiazole rings is 1. The van der Waals surface area contributed by atoms with E-state index in [9.17, 15) is 19.5 Å². The summed E-state index contributed by atoms with van der Waals surface area (Å²) in [6.07, 6.45) is 3.75. The van der Waals surface area contributed by atoms with Crippen molar-refractivity contribution < 1.29 is 33.7 Å². The number of amides is 1. The maximum Gasteiger partial charge on any atom is 0.350 e. The van der Waals surface area contributed by atoms with Gasteiger partial charge in [-0.1, -0.05) is 24.3 Å². The molecule has 1 amide bonds. The third kappa shape index (κ3) is 5.49. The lowest BCUT2D eigenvalue weighted by Crippen LogP contribution is -2.29. The van der Waals surface area contributed by atoms with Crippen LogP contribution in [-0.4, -0.2) is 52.6 Å². The number of benzene rings is 1. The van der Waals surface area contributed by atoms with E-state index in [0.717, 1.165) is 17.8 Å². The second-order valence-corrected chi connectivity index (χ2v) is 9.50. The molecular formula is C28H29N3O7S. The van der Waals surface area contributed by atoms with Crippen LogP contribution in [0.4, 0.5) is 5.13 Å². The number of nitrogens with zero attached hydrogens (tertiary/aromatic N) is 3. The molecule has 10 nitrogen and oxygen atoms in total. The Morgan fingerprint density at radius 2 is 1.79 bits per heavy atom. The number of ketones is 1. The number of aliphatic hydroxyl groups is 1. The number of anilines is 1. The van der Waals surface area contributed by atoms with Crippen LogP contribution in [-0.2, 0) is 14.3 Å². The van der Waals surface area contributed by atoms with Gasteiger partial charge in [0, 0.05) is 18.0 Å². The third-order valence-electron chi connectivity index (χ3n) is 5.90. The SMILES string of the molecule is CCCOc1ccc(C2/C(=C(\O)c3ccncc3)C(=O)C(=O)N2c2nc(C)c(C(=O)OCC)s2)cc1OCC. The van der Waals surface area contributed by atoms with Crippen molar-refractivity contribution in [3.05, 3.63) is 70.0 Å². The Labute approximate surface area is 229 Å². The number of hydrogen-bond acceptors (Lipinski definition) is 10. The average Bonchev–Trinajstić information content (AvgIpc) is 3.44. The van der Waals surface area contributed by atoms with Crippen LogP contribution in [0.5, 0.6) is 11.5 Å². The Balaban J connectivity index is 1.92. The van der Waals surface area contributed by atoms with Crippen LogP contribution in [0, 0.1) is 6.92 Å². The molecule has 11 heteroatoms. The quantitative estimate of drug-likeness (QED) is 0.163. The van der Waals surface area contributed by atoms with Gasteiger partial charge < -0.3 is 19.3 Å². The van der Waals surface area contributed by atoms with Gasteiger partial charge in [0.1, 0.15) is 10.6 Å². The fourth-order valence-electron chi connectivity index (χ4n) is 4.18. The Hall–Kier alpha value is -4.25. The normalized spacial score (nSPS) is 16.4. The Kier molecular flexibility index (Phi) is 8.60. The van der Waals surface area contributed by atoms with Gasteiger partial charge in [0.15, 0.2) is 16.6 Å². The van der Waals surface area contributed by atoms with Crippen LogP contribution in [0.25, 0.3) is 5.76 Å². The molecule has 1 atom stereocenters. The molecule has 3 heterocycles. The Morgan fingerprint density at radius 3 is 2.46 bits per heavy atom. The fourth-order valence-corrected chi connectivity index (χ4v) is 5.16. The molecule has 1 aromatic carbocycles. The van der Waals surface area contributed by atoms with Gasteiger partial charge in [0.2, 0.25) is 0 Å². The minimum absolute atomic E-state index is 0.124. The number of hydrogen-bond donors (Lipinski definition) is 1. The zero-order valence-corrected chi connectivity index (χ0v) is 22.9. The van der Waals surface area contributed by atoms with Crippen LogP contribution >= 0.6 is 11.3 Å². The highest BCUT2D eigenvalue weighted by Gasteiger charge is 2.48. The molecule has 1 aliphatic rings. The molecule has 1 fully saturated rings. The van der Waals surface area contributed by atoms with E-state index in [1.165, 1.54) is 17.3 Å². The van der Waals surface area contributed by atoms with Gasteiger partial charge in [-0.25, -0.2) is 9.78 Å². The van der Waals surface area contributed by atoms with Crippen molar-refractivity contribution in [1.82, 2.24) is 9.97 Å². The third-order valence-corrected chi connectivity index (χ3v) is 7.03. The predicted molar refractivity (Wildman–Crippen MR) is 145 cm³/mol. The van der Waals surface area contributed by atoms with E-state index in [0.29, 0.717) is 41.5 Å². The molecule has 1 unspecified atom stereocenters. The second-order valence-electron chi connectivity index (χ2n) is 8.52. The van der Waals surface area contributed by atoms with E-state index >= 15 is 0 Å². The Bertz CT molecular complexity index is 1420. The topological polar surface area (TPSA) is 128 Å². The van der Waals surface area contributed by atoms with Crippen molar-refractivity contribution in [3.63, 3.8) is 0 Å². The molecule has 1 saturated heterocycles. The number of esters is 1. The summed E-state index contributed by atoms with van der Waals surface area (Å²) in [6, 6.07) is 7.13. The second kappa shape index (κ2) is 12.1. The molecule has 0 aliphatic carbocycles. The number of carbonyl (C=O) groups excluding carboxylic acids is 3. The largest absolute Gasteiger partial charge is 0.507 e. The summed E-state index contributed by atoms with van der Waals surface area (Å²) in [5.74, 6) is -1.75. The first-order valence-electron chi connectivity index (χ1n) is 12.6. The Morgan fingerprint density at radius 1 is 1.05 bits per heavy atom. The highest BCUT2D eigenvalue weighted by Crippen LogP contribution is 2.45. The fraction of sp³-hybridized carbons (Fsp3) is 0.321. The molecule has 204 valence electrons. The van der Waals surface area contributed by atoms with Crippen molar-refractivity contribution in [2.75, 3.05) is 24.7 Å².